The maximum absolute atomic E-state index is 3.81. The van der Waals surface area contributed by atoms with Crippen molar-refractivity contribution in [1.82, 2.24) is 10.2 Å². The predicted octanol–water partition coefficient (Wildman–Crippen LogP) is 2.49. The van der Waals surface area contributed by atoms with Crippen LogP contribution in [0.3, 0.4) is 0 Å². The lowest BCUT2D eigenvalue weighted by molar-refractivity contribution is 0.261. The molecule has 1 heterocycles. The van der Waals surface area contributed by atoms with Crippen LogP contribution in [-0.4, -0.2) is 36.6 Å². The van der Waals surface area contributed by atoms with Gasteiger partial charge in [0, 0.05) is 18.6 Å². The maximum Gasteiger partial charge on any atom is 0.00928 e. The smallest absolute Gasteiger partial charge is 0.00928 e. The molecule has 2 fully saturated rings. The Labute approximate surface area is 101 Å². The summed E-state index contributed by atoms with van der Waals surface area (Å²) in [6, 6.07) is 1.54. The average Bonchev–Trinajstić information content (AvgIpc) is 2.83. The van der Waals surface area contributed by atoms with Crippen LogP contribution in [0, 0.1) is 11.8 Å². The highest BCUT2D eigenvalue weighted by Crippen LogP contribution is 2.25. The normalized spacial score (nSPS) is 36.4. The van der Waals surface area contributed by atoms with Gasteiger partial charge in [-0.2, -0.15) is 0 Å². The quantitative estimate of drug-likeness (QED) is 0.789. The summed E-state index contributed by atoms with van der Waals surface area (Å²) < 4.78 is 0. The van der Waals surface area contributed by atoms with Crippen LogP contribution in [0.2, 0.25) is 0 Å². The summed E-state index contributed by atoms with van der Waals surface area (Å²) in [6.07, 6.45) is 5.66. The van der Waals surface area contributed by atoms with Gasteiger partial charge in [0.15, 0.2) is 0 Å². The molecule has 1 N–H and O–H groups in total. The lowest BCUT2D eigenvalue weighted by Crippen LogP contribution is -2.36. The number of hydrogen-bond acceptors (Lipinski definition) is 2. The Morgan fingerprint density at radius 3 is 2.62 bits per heavy atom. The fraction of sp³-hybridized carbons (Fsp3) is 1.00. The van der Waals surface area contributed by atoms with Gasteiger partial charge in [-0.3, -0.25) is 0 Å². The molecule has 0 amide bonds. The Morgan fingerprint density at radius 1 is 1.25 bits per heavy atom. The highest BCUT2D eigenvalue weighted by molar-refractivity contribution is 4.84. The Kier molecular flexibility index (Phi) is 4.26. The van der Waals surface area contributed by atoms with Crippen LogP contribution in [0.15, 0.2) is 0 Å². The molecule has 0 bridgehead atoms. The number of rotatable bonds is 4. The van der Waals surface area contributed by atoms with Gasteiger partial charge in [0.2, 0.25) is 0 Å². The third-order valence-electron chi connectivity index (χ3n) is 4.58. The number of likely N-dealkylation sites (tertiary alicyclic amines) is 1. The summed E-state index contributed by atoms with van der Waals surface area (Å²) in [6.45, 7) is 10.9. The summed E-state index contributed by atoms with van der Waals surface area (Å²) >= 11 is 0. The van der Waals surface area contributed by atoms with Crippen LogP contribution in [0.1, 0.15) is 46.5 Å². The fourth-order valence-electron chi connectivity index (χ4n) is 3.26. The Morgan fingerprint density at radius 2 is 2.06 bits per heavy atom. The standard InChI is InChI=1S/C14H28N2/c1-11(2)16-8-7-13(10-16)9-15-14-6-4-5-12(14)3/h11-15H,4-10H2,1-3H3. The van der Waals surface area contributed by atoms with Crippen LogP contribution in [0.5, 0.6) is 0 Å². The van der Waals surface area contributed by atoms with Gasteiger partial charge in [0.1, 0.15) is 0 Å². The predicted molar refractivity (Wildman–Crippen MR) is 69.6 cm³/mol. The number of nitrogens with zero attached hydrogens (tertiary/aromatic N) is 1. The van der Waals surface area contributed by atoms with Crippen molar-refractivity contribution in [3.63, 3.8) is 0 Å². The van der Waals surface area contributed by atoms with Crippen molar-refractivity contribution in [3.05, 3.63) is 0 Å². The van der Waals surface area contributed by atoms with E-state index >= 15 is 0 Å². The SMILES string of the molecule is CC1CCCC1NCC1CCN(C(C)C)C1. The van der Waals surface area contributed by atoms with E-state index in [2.05, 4.69) is 31.0 Å². The van der Waals surface area contributed by atoms with E-state index in [0.717, 1.165) is 23.9 Å². The molecule has 2 rings (SSSR count). The third kappa shape index (κ3) is 2.98. The van der Waals surface area contributed by atoms with Gasteiger partial charge in [0.25, 0.3) is 0 Å². The van der Waals surface area contributed by atoms with Gasteiger partial charge in [-0.1, -0.05) is 13.3 Å². The number of hydrogen-bond donors (Lipinski definition) is 1. The zero-order chi connectivity index (χ0) is 11.5. The topological polar surface area (TPSA) is 15.3 Å². The summed E-state index contributed by atoms with van der Waals surface area (Å²) in [7, 11) is 0. The molecule has 0 aromatic rings. The minimum absolute atomic E-state index is 0.732. The van der Waals surface area contributed by atoms with Crippen LogP contribution in [0.4, 0.5) is 0 Å². The molecular weight excluding hydrogens is 196 g/mol. The molecule has 1 saturated carbocycles. The minimum atomic E-state index is 0.732. The van der Waals surface area contributed by atoms with Crippen molar-refractivity contribution in [2.24, 2.45) is 11.8 Å². The van der Waals surface area contributed by atoms with E-state index in [1.54, 1.807) is 0 Å². The monoisotopic (exact) mass is 224 g/mol. The average molecular weight is 224 g/mol. The van der Waals surface area contributed by atoms with Gasteiger partial charge in [-0.15, -0.1) is 0 Å². The molecule has 2 heteroatoms. The van der Waals surface area contributed by atoms with Gasteiger partial charge in [0.05, 0.1) is 0 Å². The van der Waals surface area contributed by atoms with Gasteiger partial charge in [-0.05, 0) is 58.0 Å². The lowest BCUT2D eigenvalue weighted by Gasteiger charge is -2.22. The summed E-state index contributed by atoms with van der Waals surface area (Å²) in [5, 5.41) is 3.81. The molecule has 16 heavy (non-hydrogen) atoms. The van der Waals surface area contributed by atoms with Crippen LogP contribution >= 0.6 is 0 Å². The first-order valence-electron chi connectivity index (χ1n) is 7.14. The van der Waals surface area contributed by atoms with Crippen molar-refractivity contribution in [3.8, 4) is 0 Å². The second-order valence-electron chi connectivity index (χ2n) is 6.17. The van der Waals surface area contributed by atoms with E-state index in [1.807, 2.05) is 0 Å². The van der Waals surface area contributed by atoms with Crippen LogP contribution < -0.4 is 5.32 Å². The second-order valence-corrected chi connectivity index (χ2v) is 6.17. The Hall–Kier alpha value is -0.0800. The first kappa shape index (κ1) is 12.4. The first-order valence-corrected chi connectivity index (χ1v) is 7.14. The van der Waals surface area contributed by atoms with Crippen LogP contribution in [0.25, 0.3) is 0 Å². The van der Waals surface area contributed by atoms with Gasteiger partial charge < -0.3 is 10.2 Å². The van der Waals surface area contributed by atoms with E-state index in [0.29, 0.717) is 0 Å². The largest absolute Gasteiger partial charge is 0.313 e. The molecule has 0 aromatic carbocycles. The highest BCUT2D eigenvalue weighted by Gasteiger charge is 2.27. The Balaban J connectivity index is 1.67. The van der Waals surface area contributed by atoms with Crippen molar-refractivity contribution in [2.45, 2.75) is 58.5 Å². The summed E-state index contributed by atoms with van der Waals surface area (Å²) in [4.78, 5) is 2.62. The molecule has 3 atom stereocenters. The summed E-state index contributed by atoms with van der Waals surface area (Å²) in [5.41, 5.74) is 0. The van der Waals surface area contributed by atoms with Crippen molar-refractivity contribution < 1.29 is 0 Å². The van der Waals surface area contributed by atoms with E-state index in [1.165, 1.54) is 45.3 Å². The van der Waals surface area contributed by atoms with E-state index in [-0.39, 0.29) is 0 Å². The molecule has 1 aliphatic carbocycles. The van der Waals surface area contributed by atoms with Gasteiger partial charge in [-0.25, -0.2) is 0 Å². The highest BCUT2D eigenvalue weighted by atomic mass is 15.2. The van der Waals surface area contributed by atoms with Crippen molar-refractivity contribution in [1.29, 1.82) is 0 Å². The van der Waals surface area contributed by atoms with Gasteiger partial charge >= 0.3 is 0 Å². The van der Waals surface area contributed by atoms with Crippen molar-refractivity contribution >= 4 is 0 Å². The maximum atomic E-state index is 3.81. The van der Waals surface area contributed by atoms with E-state index in [4.69, 9.17) is 0 Å². The van der Waals surface area contributed by atoms with E-state index < -0.39 is 0 Å². The van der Waals surface area contributed by atoms with Crippen LogP contribution in [-0.2, 0) is 0 Å². The molecule has 0 spiro atoms. The fourth-order valence-corrected chi connectivity index (χ4v) is 3.26. The minimum Gasteiger partial charge on any atom is -0.313 e. The molecule has 2 aliphatic rings. The lowest BCUT2D eigenvalue weighted by atomic mass is 10.0. The molecular formula is C14H28N2. The molecule has 94 valence electrons. The first-order chi connectivity index (χ1) is 7.66. The van der Waals surface area contributed by atoms with Crippen molar-refractivity contribution in [2.75, 3.05) is 19.6 Å². The Bertz CT molecular complexity index is 215. The molecule has 3 unspecified atom stereocenters. The summed E-state index contributed by atoms with van der Waals surface area (Å²) in [5.74, 6) is 1.80. The number of nitrogens with one attached hydrogen (secondary N) is 1. The molecule has 0 radical (unpaired) electrons. The zero-order valence-electron chi connectivity index (χ0n) is 11.2. The van der Waals surface area contributed by atoms with E-state index in [9.17, 15) is 0 Å². The molecule has 0 aromatic heterocycles. The third-order valence-corrected chi connectivity index (χ3v) is 4.58. The second kappa shape index (κ2) is 5.50. The molecule has 1 aliphatic heterocycles. The zero-order valence-corrected chi connectivity index (χ0v) is 11.2. The molecule has 2 nitrogen and oxygen atoms in total. The molecule has 1 saturated heterocycles.